The largest absolute Gasteiger partial charge is 0.493 e. The number of hydrogen-bond acceptors (Lipinski definition) is 4. The predicted molar refractivity (Wildman–Crippen MR) is 164 cm³/mol. The summed E-state index contributed by atoms with van der Waals surface area (Å²) in [5.74, 6) is 0.219. The molecule has 0 saturated carbocycles. The molecule has 0 saturated heterocycles. The monoisotopic (exact) mass is 614 g/mol. The van der Waals surface area contributed by atoms with Crippen LogP contribution in [0.3, 0.4) is 0 Å². The molecule has 0 atom stereocenters. The van der Waals surface area contributed by atoms with Crippen molar-refractivity contribution in [3.63, 3.8) is 0 Å². The number of imidazole rings is 1. The average molecular weight is 615 g/mol. The fourth-order valence-corrected chi connectivity index (χ4v) is 5.87. The van der Waals surface area contributed by atoms with Crippen molar-refractivity contribution in [2.75, 3.05) is 4.31 Å². The molecule has 44 heavy (non-hydrogen) atoms. The Balaban J connectivity index is 1.25. The molecule has 5 aromatic rings. The number of aliphatic hydroxyl groups is 1. The molecular formula is C33H25F3N4O3S. The minimum Gasteiger partial charge on any atom is -0.493 e. The van der Waals surface area contributed by atoms with E-state index in [0.29, 0.717) is 29.2 Å². The van der Waals surface area contributed by atoms with Crippen LogP contribution >= 0.6 is 0 Å². The first-order chi connectivity index (χ1) is 21.0. The Kier molecular flexibility index (Phi) is 7.48. The van der Waals surface area contributed by atoms with Gasteiger partial charge in [-0.15, -0.1) is 0 Å². The highest BCUT2D eigenvalue weighted by Crippen LogP contribution is 2.32. The van der Waals surface area contributed by atoms with Gasteiger partial charge in [-0.3, -0.25) is 0 Å². The Morgan fingerprint density at radius 1 is 0.818 bits per heavy atom. The quantitative estimate of drug-likeness (QED) is 0.199. The molecular weight excluding hydrogens is 589 g/mol. The number of nitrogens with one attached hydrogen (secondary N) is 1. The maximum atomic E-state index is 13.2. The molecule has 1 aromatic heterocycles. The highest BCUT2D eigenvalue weighted by molar-refractivity contribution is 7.91. The number of aliphatic hydroxyl groups excluding tert-OH is 1. The van der Waals surface area contributed by atoms with Crippen molar-refractivity contribution in [3.05, 3.63) is 144 Å². The molecule has 0 aliphatic carbocycles. The van der Waals surface area contributed by atoms with Gasteiger partial charge in [0.2, 0.25) is 5.88 Å². The first kappa shape index (κ1) is 28.8. The second-order valence-corrected chi connectivity index (χ2v) is 11.6. The third-order valence-electron chi connectivity index (χ3n) is 7.01. The maximum absolute atomic E-state index is 13.2. The number of aromatic nitrogens is 2. The van der Waals surface area contributed by atoms with E-state index >= 15 is 0 Å². The Labute approximate surface area is 252 Å². The van der Waals surface area contributed by atoms with Gasteiger partial charge in [0.05, 0.1) is 23.1 Å². The van der Waals surface area contributed by atoms with Crippen molar-refractivity contribution in [3.8, 4) is 22.4 Å². The molecule has 0 radical (unpaired) electrons. The van der Waals surface area contributed by atoms with Gasteiger partial charge in [0.15, 0.2) is 0 Å². The van der Waals surface area contributed by atoms with Gasteiger partial charge in [-0.2, -0.15) is 21.6 Å². The first-order valence-electron chi connectivity index (χ1n) is 13.5. The van der Waals surface area contributed by atoms with E-state index in [-0.39, 0.29) is 0 Å². The molecule has 7 nitrogen and oxygen atoms in total. The van der Waals surface area contributed by atoms with E-state index in [1.807, 2.05) is 70.1 Å². The van der Waals surface area contributed by atoms with E-state index in [0.717, 1.165) is 45.0 Å². The van der Waals surface area contributed by atoms with Crippen molar-refractivity contribution in [1.29, 1.82) is 0 Å². The highest BCUT2D eigenvalue weighted by Gasteiger charge is 2.30. The molecule has 2 N–H and O–H groups in total. The number of nitrogens with zero attached hydrogens (tertiary/aromatic N) is 3. The lowest BCUT2D eigenvalue weighted by atomic mass is 10.0. The summed E-state index contributed by atoms with van der Waals surface area (Å²) in [6, 6.07) is 29.1. The van der Waals surface area contributed by atoms with E-state index in [9.17, 15) is 26.7 Å². The van der Waals surface area contributed by atoms with E-state index < -0.39 is 27.8 Å². The molecule has 4 aromatic carbocycles. The average Bonchev–Trinajstić information content (AvgIpc) is 3.54. The molecule has 6 rings (SSSR count). The Morgan fingerprint density at radius 2 is 1.52 bits per heavy atom. The van der Waals surface area contributed by atoms with Gasteiger partial charge in [0.1, 0.15) is 5.82 Å². The Hall–Kier alpha value is -5.29. The van der Waals surface area contributed by atoms with Gasteiger partial charge >= 0.3 is 16.4 Å². The van der Waals surface area contributed by atoms with Gasteiger partial charge in [-0.1, -0.05) is 84.9 Å². The van der Waals surface area contributed by atoms with Crippen molar-refractivity contribution in [2.24, 2.45) is 0 Å². The Bertz CT molecular complexity index is 1970. The second-order valence-electron chi connectivity index (χ2n) is 10.1. The van der Waals surface area contributed by atoms with Crippen LogP contribution in [0.2, 0.25) is 0 Å². The number of alkyl halides is 3. The molecule has 0 spiro atoms. The lowest BCUT2D eigenvalue weighted by molar-refractivity contribution is -0.137. The number of rotatable bonds is 7. The van der Waals surface area contributed by atoms with Gasteiger partial charge in [0, 0.05) is 18.3 Å². The fraction of sp³-hybridized carbons (Fsp3) is 0.0606. The Morgan fingerprint density at radius 3 is 2.18 bits per heavy atom. The van der Waals surface area contributed by atoms with Gasteiger partial charge in [0.25, 0.3) is 0 Å². The van der Waals surface area contributed by atoms with Crippen molar-refractivity contribution < 1.29 is 26.7 Å². The van der Waals surface area contributed by atoms with Crippen LogP contribution in [-0.2, 0) is 22.9 Å². The standard InChI is InChI=1S/C33H25F3N4O3S/c34-33(35,36)28-8-4-7-27(19-28)25-14-9-23(10-15-25)13-18-31-37-30(26-5-2-1-3-6-26)21-39(31)20-24-11-16-29(17-12-24)40-22-32(41)38-44(40,42)43/h1-19,21-22,38,41H,20H2. The minimum absolute atomic E-state index is 0.370. The summed E-state index contributed by atoms with van der Waals surface area (Å²) in [6.45, 7) is 0.445. The molecule has 0 fully saturated rings. The van der Waals surface area contributed by atoms with Crippen LogP contribution < -0.4 is 9.03 Å². The molecule has 0 amide bonds. The van der Waals surface area contributed by atoms with Crippen LogP contribution in [0.15, 0.2) is 121 Å². The number of halogens is 3. The normalized spacial score (nSPS) is 14.5. The van der Waals surface area contributed by atoms with Gasteiger partial charge < -0.3 is 9.67 Å². The molecule has 0 unspecified atom stereocenters. The molecule has 222 valence electrons. The number of benzene rings is 4. The van der Waals surface area contributed by atoms with Crippen LogP contribution in [0.25, 0.3) is 34.5 Å². The van der Waals surface area contributed by atoms with Crippen LogP contribution in [0.1, 0.15) is 22.5 Å². The molecule has 1 aliphatic heterocycles. The first-order valence-corrected chi connectivity index (χ1v) is 14.9. The molecule has 11 heteroatoms. The molecule has 2 heterocycles. The summed E-state index contributed by atoms with van der Waals surface area (Å²) in [4.78, 5) is 4.84. The third-order valence-corrected chi connectivity index (χ3v) is 8.31. The van der Waals surface area contributed by atoms with E-state index in [1.54, 1.807) is 42.5 Å². The topological polar surface area (TPSA) is 87.5 Å². The van der Waals surface area contributed by atoms with Crippen LogP contribution in [0.5, 0.6) is 0 Å². The SMILES string of the molecule is O=S1(=O)NC(O)=CN1c1ccc(Cn2cc(-c3ccccc3)nc2C=Cc2ccc(-c3cccc(C(F)(F)F)c3)cc2)cc1. The zero-order valence-corrected chi connectivity index (χ0v) is 23.8. The molecule has 0 bridgehead atoms. The number of anilines is 1. The summed E-state index contributed by atoms with van der Waals surface area (Å²) in [7, 11) is -3.88. The van der Waals surface area contributed by atoms with Crippen LogP contribution in [0, 0.1) is 0 Å². The van der Waals surface area contributed by atoms with Crippen LogP contribution in [0.4, 0.5) is 18.9 Å². The maximum Gasteiger partial charge on any atom is 0.416 e. The molecule has 1 aliphatic rings. The number of hydrogen-bond donors (Lipinski definition) is 2. The minimum atomic E-state index is -4.41. The van der Waals surface area contributed by atoms with E-state index in [2.05, 4.69) is 0 Å². The van der Waals surface area contributed by atoms with Gasteiger partial charge in [-0.25, -0.2) is 14.0 Å². The second kappa shape index (κ2) is 11.4. The predicted octanol–water partition coefficient (Wildman–Crippen LogP) is 7.47. The van der Waals surface area contributed by atoms with Gasteiger partial charge in [-0.05, 0) is 52.6 Å². The third kappa shape index (κ3) is 6.23. The van der Waals surface area contributed by atoms with Crippen molar-refractivity contribution >= 4 is 28.0 Å². The van der Waals surface area contributed by atoms with E-state index in [4.69, 9.17) is 4.98 Å². The van der Waals surface area contributed by atoms with E-state index in [1.165, 1.54) is 6.07 Å². The highest BCUT2D eigenvalue weighted by atomic mass is 32.2. The van der Waals surface area contributed by atoms with Crippen molar-refractivity contribution in [2.45, 2.75) is 12.7 Å². The van der Waals surface area contributed by atoms with Crippen LogP contribution in [-0.4, -0.2) is 23.1 Å². The van der Waals surface area contributed by atoms with Crippen molar-refractivity contribution in [1.82, 2.24) is 14.3 Å². The summed E-state index contributed by atoms with van der Waals surface area (Å²) in [5, 5.41) is 9.58. The summed E-state index contributed by atoms with van der Waals surface area (Å²) in [5.41, 5.74) is 4.29. The fourth-order valence-electron chi connectivity index (χ4n) is 4.82. The summed E-state index contributed by atoms with van der Waals surface area (Å²) in [6.07, 6.45) is 2.39. The smallest absolute Gasteiger partial charge is 0.416 e. The zero-order valence-electron chi connectivity index (χ0n) is 23.0. The lowest BCUT2D eigenvalue weighted by Crippen LogP contribution is -2.29. The zero-order chi connectivity index (χ0) is 30.9. The lowest BCUT2D eigenvalue weighted by Gasteiger charge is -2.14. The summed E-state index contributed by atoms with van der Waals surface area (Å²) < 4.78 is 68.8. The summed E-state index contributed by atoms with van der Waals surface area (Å²) >= 11 is 0.